The monoisotopic (exact) mass is 241 g/mol. The van der Waals surface area contributed by atoms with Crippen LogP contribution in [-0.2, 0) is 14.3 Å². The highest BCUT2D eigenvalue weighted by atomic mass is 16.5. The summed E-state index contributed by atoms with van der Waals surface area (Å²) in [6.45, 7) is 4.15. The summed E-state index contributed by atoms with van der Waals surface area (Å²) in [6, 6.07) is -0.296. The predicted octanol–water partition coefficient (Wildman–Crippen LogP) is 1.27. The largest absolute Gasteiger partial charge is 0.381 e. The van der Waals surface area contributed by atoms with E-state index in [4.69, 9.17) is 15.2 Å². The van der Waals surface area contributed by atoms with Crippen LogP contribution in [0.3, 0.4) is 0 Å². The second-order valence-electron chi connectivity index (χ2n) is 5.25. The van der Waals surface area contributed by atoms with E-state index in [1.165, 1.54) is 0 Å². The SMILES string of the molecule is CCC(N)C(=O)C1CCOC2(CCOCC2)C1. The second kappa shape index (κ2) is 5.46. The lowest BCUT2D eigenvalue weighted by Gasteiger charge is -2.43. The van der Waals surface area contributed by atoms with Gasteiger partial charge in [-0.05, 0) is 32.1 Å². The van der Waals surface area contributed by atoms with Crippen LogP contribution in [0.25, 0.3) is 0 Å². The number of ether oxygens (including phenoxy) is 2. The van der Waals surface area contributed by atoms with Gasteiger partial charge in [0, 0.05) is 25.7 Å². The first-order valence-electron chi connectivity index (χ1n) is 6.68. The van der Waals surface area contributed by atoms with Gasteiger partial charge in [0.2, 0.25) is 0 Å². The third kappa shape index (κ3) is 2.87. The highest BCUT2D eigenvalue weighted by Crippen LogP contribution is 2.37. The zero-order chi connectivity index (χ0) is 12.3. The Morgan fingerprint density at radius 3 is 2.76 bits per heavy atom. The van der Waals surface area contributed by atoms with E-state index in [1.807, 2.05) is 6.92 Å². The number of rotatable bonds is 3. The van der Waals surface area contributed by atoms with Crippen LogP contribution in [0.4, 0.5) is 0 Å². The van der Waals surface area contributed by atoms with E-state index in [1.54, 1.807) is 0 Å². The summed E-state index contributed by atoms with van der Waals surface area (Å²) in [5, 5.41) is 0. The molecule has 2 fully saturated rings. The molecule has 98 valence electrons. The molecule has 2 rings (SSSR count). The number of ketones is 1. The van der Waals surface area contributed by atoms with Crippen LogP contribution in [-0.4, -0.2) is 37.2 Å². The van der Waals surface area contributed by atoms with Gasteiger partial charge in [-0.15, -0.1) is 0 Å². The smallest absolute Gasteiger partial charge is 0.152 e. The maximum Gasteiger partial charge on any atom is 0.152 e. The Hall–Kier alpha value is -0.450. The maximum atomic E-state index is 12.1. The van der Waals surface area contributed by atoms with Crippen LogP contribution < -0.4 is 5.73 Å². The maximum absolute atomic E-state index is 12.1. The van der Waals surface area contributed by atoms with Gasteiger partial charge in [-0.3, -0.25) is 4.79 Å². The summed E-state index contributed by atoms with van der Waals surface area (Å²) in [5.74, 6) is 0.318. The Morgan fingerprint density at radius 1 is 1.41 bits per heavy atom. The zero-order valence-electron chi connectivity index (χ0n) is 10.6. The van der Waals surface area contributed by atoms with E-state index in [-0.39, 0.29) is 23.3 Å². The van der Waals surface area contributed by atoms with E-state index in [0.717, 1.165) is 45.3 Å². The molecule has 0 bridgehead atoms. The third-order valence-electron chi connectivity index (χ3n) is 4.10. The lowest BCUT2D eigenvalue weighted by molar-refractivity contribution is -0.157. The summed E-state index contributed by atoms with van der Waals surface area (Å²) in [7, 11) is 0. The molecular formula is C13H23NO3. The fourth-order valence-corrected chi connectivity index (χ4v) is 2.87. The molecule has 0 aromatic carbocycles. The number of carbonyl (C=O) groups is 1. The molecule has 2 aliphatic rings. The summed E-state index contributed by atoms with van der Waals surface area (Å²) in [6.07, 6.45) is 4.22. The van der Waals surface area contributed by atoms with Gasteiger partial charge >= 0.3 is 0 Å². The molecule has 4 heteroatoms. The van der Waals surface area contributed by atoms with Crippen LogP contribution in [0, 0.1) is 5.92 Å². The van der Waals surface area contributed by atoms with Crippen molar-refractivity contribution in [1.82, 2.24) is 0 Å². The van der Waals surface area contributed by atoms with Gasteiger partial charge in [0.15, 0.2) is 5.78 Å². The molecule has 0 aromatic rings. The summed E-state index contributed by atoms with van der Waals surface area (Å²) >= 11 is 0. The van der Waals surface area contributed by atoms with Gasteiger partial charge in [0.25, 0.3) is 0 Å². The van der Waals surface area contributed by atoms with Gasteiger partial charge in [-0.1, -0.05) is 6.92 Å². The van der Waals surface area contributed by atoms with Crippen LogP contribution in [0.1, 0.15) is 39.0 Å². The average molecular weight is 241 g/mol. The van der Waals surface area contributed by atoms with Gasteiger partial charge in [0.1, 0.15) is 0 Å². The molecule has 0 aromatic heterocycles. The number of nitrogens with two attached hydrogens (primary N) is 1. The summed E-state index contributed by atoms with van der Waals surface area (Å²) in [4.78, 5) is 12.1. The molecule has 2 aliphatic heterocycles. The quantitative estimate of drug-likeness (QED) is 0.808. The molecule has 2 atom stereocenters. The zero-order valence-corrected chi connectivity index (χ0v) is 10.6. The third-order valence-corrected chi connectivity index (χ3v) is 4.10. The molecular weight excluding hydrogens is 218 g/mol. The standard InChI is InChI=1S/C13H23NO3/c1-2-11(14)12(15)10-3-6-17-13(9-10)4-7-16-8-5-13/h10-11H,2-9,14H2,1H3. The molecule has 17 heavy (non-hydrogen) atoms. The Bertz CT molecular complexity index is 268. The number of hydrogen-bond acceptors (Lipinski definition) is 4. The van der Waals surface area contributed by atoms with E-state index in [9.17, 15) is 4.79 Å². The van der Waals surface area contributed by atoms with Crippen molar-refractivity contribution in [2.45, 2.75) is 50.7 Å². The molecule has 0 amide bonds. The normalized spacial score (nSPS) is 30.1. The highest BCUT2D eigenvalue weighted by molar-refractivity contribution is 5.86. The first kappa shape index (κ1) is 13.0. The van der Waals surface area contributed by atoms with Gasteiger partial charge < -0.3 is 15.2 Å². The fourth-order valence-electron chi connectivity index (χ4n) is 2.87. The average Bonchev–Trinajstić information content (AvgIpc) is 2.38. The van der Waals surface area contributed by atoms with E-state index in [0.29, 0.717) is 6.61 Å². The second-order valence-corrected chi connectivity index (χ2v) is 5.25. The lowest BCUT2D eigenvalue weighted by atomic mass is 9.77. The summed E-state index contributed by atoms with van der Waals surface area (Å²) in [5.41, 5.74) is 5.74. The van der Waals surface area contributed by atoms with Crippen molar-refractivity contribution in [3.8, 4) is 0 Å². The van der Waals surface area contributed by atoms with Crippen molar-refractivity contribution >= 4 is 5.78 Å². The molecule has 2 N–H and O–H groups in total. The van der Waals surface area contributed by atoms with Crippen LogP contribution in [0.15, 0.2) is 0 Å². The molecule has 0 radical (unpaired) electrons. The molecule has 2 unspecified atom stereocenters. The Morgan fingerprint density at radius 2 is 2.12 bits per heavy atom. The molecule has 1 spiro atoms. The predicted molar refractivity (Wildman–Crippen MR) is 64.7 cm³/mol. The first-order chi connectivity index (χ1) is 8.17. The Balaban J connectivity index is 1.98. The topological polar surface area (TPSA) is 61.6 Å². The Labute approximate surface area is 103 Å². The van der Waals surface area contributed by atoms with E-state index >= 15 is 0 Å². The van der Waals surface area contributed by atoms with Gasteiger partial charge in [-0.2, -0.15) is 0 Å². The van der Waals surface area contributed by atoms with E-state index < -0.39 is 0 Å². The van der Waals surface area contributed by atoms with Crippen molar-refractivity contribution in [1.29, 1.82) is 0 Å². The van der Waals surface area contributed by atoms with Crippen molar-refractivity contribution in [2.75, 3.05) is 19.8 Å². The fraction of sp³-hybridized carbons (Fsp3) is 0.923. The number of Topliss-reactive ketones (excluding diaryl/α,β-unsaturated/α-hetero) is 1. The number of hydrogen-bond donors (Lipinski definition) is 1. The minimum Gasteiger partial charge on any atom is -0.381 e. The van der Waals surface area contributed by atoms with Crippen molar-refractivity contribution in [2.24, 2.45) is 11.7 Å². The molecule has 0 aliphatic carbocycles. The minimum atomic E-state index is -0.296. The molecule has 4 nitrogen and oxygen atoms in total. The summed E-state index contributed by atoms with van der Waals surface area (Å²) < 4.78 is 11.3. The van der Waals surface area contributed by atoms with Crippen LogP contribution >= 0.6 is 0 Å². The lowest BCUT2D eigenvalue weighted by Crippen LogP contribution is -2.48. The van der Waals surface area contributed by atoms with Crippen LogP contribution in [0.5, 0.6) is 0 Å². The first-order valence-corrected chi connectivity index (χ1v) is 6.68. The molecule has 0 saturated carbocycles. The highest BCUT2D eigenvalue weighted by Gasteiger charge is 2.41. The van der Waals surface area contributed by atoms with Crippen molar-refractivity contribution in [3.05, 3.63) is 0 Å². The van der Waals surface area contributed by atoms with Crippen molar-refractivity contribution < 1.29 is 14.3 Å². The minimum absolute atomic E-state index is 0.0943. The molecule has 2 heterocycles. The molecule has 2 saturated heterocycles. The van der Waals surface area contributed by atoms with Gasteiger partial charge in [0.05, 0.1) is 11.6 Å². The van der Waals surface area contributed by atoms with E-state index in [2.05, 4.69) is 0 Å². The van der Waals surface area contributed by atoms with Crippen LogP contribution in [0.2, 0.25) is 0 Å². The number of carbonyl (C=O) groups excluding carboxylic acids is 1. The van der Waals surface area contributed by atoms with Gasteiger partial charge in [-0.25, -0.2) is 0 Å². The Kier molecular flexibility index (Phi) is 4.17. The van der Waals surface area contributed by atoms with Crippen molar-refractivity contribution in [3.63, 3.8) is 0 Å².